The summed E-state index contributed by atoms with van der Waals surface area (Å²) in [6.45, 7) is 0. The monoisotopic (exact) mass is 342 g/mol. The van der Waals surface area contributed by atoms with E-state index in [-0.39, 0.29) is 11.9 Å². The standard InChI is InChI=1S/C14H19BrN2OS/c1-19-11-4-2-3-10(8-11)17-14(18)12-7-9(15)5-6-13(12)16/h5-7,10-11H,2-4,8,16H2,1H3,(H,17,18). The molecule has 19 heavy (non-hydrogen) atoms. The Kier molecular flexibility index (Phi) is 5.16. The normalized spacial score (nSPS) is 23.1. The van der Waals surface area contributed by atoms with E-state index >= 15 is 0 Å². The molecule has 2 atom stereocenters. The molecule has 1 aromatic carbocycles. The van der Waals surface area contributed by atoms with Crippen LogP contribution in [0.25, 0.3) is 0 Å². The zero-order valence-electron chi connectivity index (χ0n) is 11.0. The lowest BCUT2D eigenvalue weighted by Gasteiger charge is -2.28. The van der Waals surface area contributed by atoms with Gasteiger partial charge in [0.1, 0.15) is 0 Å². The number of carbonyl (C=O) groups excluding carboxylic acids is 1. The SMILES string of the molecule is CSC1CCCC(NC(=O)c2cc(Br)ccc2N)C1. The third-order valence-corrected chi connectivity index (χ3v) is 5.14. The number of halogens is 1. The summed E-state index contributed by atoms with van der Waals surface area (Å²) < 4.78 is 0.873. The van der Waals surface area contributed by atoms with E-state index in [2.05, 4.69) is 27.5 Å². The summed E-state index contributed by atoms with van der Waals surface area (Å²) in [6, 6.07) is 5.65. The largest absolute Gasteiger partial charge is 0.398 e. The molecule has 0 spiro atoms. The van der Waals surface area contributed by atoms with Gasteiger partial charge in [-0.15, -0.1) is 0 Å². The molecular weight excluding hydrogens is 324 g/mol. The van der Waals surface area contributed by atoms with Crippen molar-refractivity contribution in [2.45, 2.75) is 37.0 Å². The maximum absolute atomic E-state index is 12.3. The first-order valence-electron chi connectivity index (χ1n) is 6.49. The second kappa shape index (κ2) is 6.66. The predicted octanol–water partition coefficient (Wildman–Crippen LogP) is 3.44. The molecule has 104 valence electrons. The molecule has 3 N–H and O–H groups in total. The summed E-state index contributed by atoms with van der Waals surface area (Å²) in [7, 11) is 0. The van der Waals surface area contributed by atoms with Gasteiger partial charge in [0.15, 0.2) is 0 Å². The van der Waals surface area contributed by atoms with E-state index in [0.29, 0.717) is 16.5 Å². The van der Waals surface area contributed by atoms with Crippen molar-refractivity contribution in [3.8, 4) is 0 Å². The first-order chi connectivity index (χ1) is 9.10. The Balaban J connectivity index is 2.02. The molecule has 0 aliphatic heterocycles. The quantitative estimate of drug-likeness (QED) is 0.827. The van der Waals surface area contributed by atoms with Gasteiger partial charge in [-0.2, -0.15) is 11.8 Å². The van der Waals surface area contributed by atoms with Gasteiger partial charge >= 0.3 is 0 Å². The lowest BCUT2D eigenvalue weighted by atomic mass is 9.94. The summed E-state index contributed by atoms with van der Waals surface area (Å²) in [5, 5.41) is 3.78. The summed E-state index contributed by atoms with van der Waals surface area (Å²) in [6.07, 6.45) is 6.70. The zero-order valence-corrected chi connectivity index (χ0v) is 13.4. The van der Waals surface area contributed by atoms with Gasteiger partial charge in [0.2, 0.25) is 0 Å². The van der Waals surface area contributed by atoms with Crippen molar-refractivity contribution < 1.29 is 4.79 Å². The van der Waals surface area contributed by atoms with Crippen LogP contribution in [-0.4, -0.2) is 23.5 Å². The molecule has 3 nitrogen and oxygen atoms in total. The molecule has 0 heterocycles. The molecule has 2 unspecified atom stereocenters. The molecule has 1 aliphatic rings. The van der Waals surface area contributed by atoms with E-state index in [9.17, 15) is 4.79 Å². The predicted molar refractivity (Wildman–Crippen MR) is 85.6 cm³/mol. The van der Waals surface area contributed by atoms with Gasteiger partial charge in [0.25, 0.3) is 5.91 Å². The van der Waals surface area contributed by atoms with Crippen LogP contribution in [0.15, 0.2) is 22.7 Å². The first kappa shape index (κ1) is 14.7. The van der Waals surface area contributed by atoms with Crippen molar-refractivity contribution in [2.75, 3.05) is 12.0 Å². The number of carbonyl (C=O) groups is 1. The van der Waals surface area contributed by atoms with Gasteiger partial charge in [-0.05, 0) is 43.7 Å². The molecule has 0 bridgehead atoms. The number of nitrogen functional groups attached to an aromatic ring is 1. The van der Waals surface area contributed by atoms with Gasteiger partial charge in [-0.1, -0.05) is 22.4 Å². The number of benzene rings is 1. The topological polar surface area (TPSA) is 55.1 Å². The average molecular weight is 343 g/mol. The van der Waals surface area contributed by atoms with E-state index in [4.69, 9.17) is 5.73 Å². The van der Waals surface area contributed by atoms with Crippen molar-refractivity contribution >= 4 is 39.3 Å². The first-order valence-corrected chi connectivity index (χ1v) is 8.57. The van der Waals surface area contributed by atoms with Crippen LogP contribution >= 0.6 is 27.7 Å². The lowest BCUT2D eigenvalue weighted by Crippen LogP contribution is -2.39. The van der Waals surface area contributed by atoms with Crippen LogP contribution in [0, 0.1) is 0 Å². The zero-order chi connectivity index (χ0) is 13.8. The second-order valence-corrected chi connectivity index (χ2v) is 6.98. The minimum atomic E-state index is -0.0643. The molecular formula is C14H19BrN2OS. The Bertz CT molecular complexity index is 467. The number of amides is 1. The lowest BCUT2D eigenvalue weighted by molar-refractivity contribution is 0.0929. The molecule has 5 heteroatoms. The molecule has 1 aliphatic carbocycles. The van der Waals surface area contributed by atoms with Crippen molar-refractivity contribution in [2.24, 2.45) is 0 Å². The number of anilines is 1. The fraction of sp³-hybridized carbons (Fsp3) is 0.500. The molecule has 0 aromatic heterocycles. The van der Waals surface area contributed by atoms with E-state index in [1.165, 1.54) is 12.8 Å². The highest BCUT2D eigenvalue weighted by atomic mass is 79.9. The van der Waals surface area contributed by atoms with Crippen molar-refractivity contribution in [1.29, 1.82) is 0 Å². The van der Waals surface area contributed by atoms with Gasteiger partial charge in [0, 0.05) is 21.5 Å². The summed E-state index contributed by atoms with van der Waals surface area (Å²) in [5.74, 6) is -0.0643. The van der Waals surface area contributed by atoms with E-state index in [0.717, 1.165) is 17.3 Å². The van der Waals surface area contributed by atoms with E-state index < -0.39 is 0 Å². The van der Waals surface area contributed by atoms with Crippen LogP contribution in [0.4, 0.5) is 5.69 Å². The molecule has 1 fully saturated rings. The molecule has 1 saturated carbocycles. The van der Waals surface area contributed by atoms with Gasteiger partial charge in [-0.3, -0.25) is 4.79 Å². The molecule has 1 aromatic rings. The van der Waals surface area contributed by atoms with Crippen molar-refractivity contribution in [3.63, 3.8) is 0 Å². The number of thioether (sulfide) groups is 1. The highest BCUT2D eigenvalue weighted by Gasteiger charge is 2.23. The minimum Gasteiger partial charge on any atom is -0.398 e. The van der Waals surface area contributed by atoms with Gasteiger partial charge in [0.05, 0.1) is 5.56 Å². The van der Waals surface area contributed by atoms with Gasteiger partial charge < -0.3 is 11.1 Å². The third-order valence-electron chi connectivity index (χ3n) is 3.55. The van der Waals surface area contributed by atoms with Crippen LogP contribution < -0.4 is 11.1 Å². The van der Waals surface area contributed by atoms with Crippen LogP contribution in [0.1, 0.15) is 36.0 Å². The molecule has 0 radical (unpaired) electrons. The third kappa shape index (κ3) is 3.89. The summed E-state index contributed by atoms with van der Waals surface area (Å²) in [4.78, 5) is 12.3. The van der Waals surface area contributed by atoms with E-state index in [1.807, 2.05) is 17.8 Å². The Morgan fingerprint density at radius 1 is 1.47 bits per heavy atom. The fourth-order valence-corrected chi connectivity index (χ4v) is 3.67. The van der Waals surface area contributed by atoms with Crippen LogP contribution in [0.5, 0.6) is 0 Å². The minimum absolute atomic E-state index is 0.0643. The molecule has 0 saturated heterocycles. The summed E-state index contributed by atoms with van der Waals surface area (Å²) in [5.41, 5.74) is 6.95. The molecule has 2 rings (SSSR count). The second-order valence-electron chi connectivity index (χ2n) is 4.93. The fourth-order valence-electron chi connectivity index (χ4n) is 2.48. The Hall–Kier alpha value is -0.680. The number of nitrogens with two attached hydrogens (primary N) is 1. The van der Waals surface area contributed by atoms with Crippen LogP contribution in [0.2, 0.25) is 0 Å². The Labute approximate surface area is 126 Å². The summed E-state index contributed by atoms with van der Waals surface area (Å²) >= 11 is 5.27. The van der Waals surface area contributed by atoms with Crippen molar-refractivity contribution in [3.05, 3.63) is 28.2 Å². The number of rotatable bonds is 3. The number of hydrogen-bond acceptors (Lipinski definition) is 3. The Morgan fingerprint density at radius 2 is 2.26 bits per heavy atom. The highest BCUT2D eigenvalue weighted by Crippen LogP contribution is 2.27. The maximum Gasteiger partial charge on any atom is 0.253 e. The van der Waals surface area contributed by atoms with Crippen molar-refractivity contribution in [1.82, 2.24) is 5.32 Å². The highest BCUT2D eigenvalue weighted by molar-refractivity contribution is 9.10. The van der Waals surface area contributed by atoms with Crippen LogP contribution in [0.3, 0.4) is 0 Å². The smallest absolute Gasteiger partial charge is 0.253 e. The van der Waals surface area contributed by atoms with Gasteiger partial charge in [-0.25, -0.2) is 0 Å². The molecule has 1 amide bonds. The maximum atomic E-state index is 12.3. The van der Waals surface area contributed by atoms with Crippen LogP contribution in [-0.2, 0) is 0 Å². The average Bonchev–Trinajstić information content (AvgIpc) is 2.41. The Morgan fingerprint density at radius 3 is 3.00 bits per heavy atom. The number of nitrogens with one attached hydrogen (secondary N) is 1. The number of hydrogen-bond donors (Lipinski definition) is 2. The van der Waals surface area contributed by atoms with E-state index in [1.54, 1.807) is 12.1 Å².